The molecule has 5 heteroatoms. The first-order valence-electron chi connectivity index (χ1n) is 9.04. The minimum atomic E-state index is -0.525. The molecule has 1 N–H and O–H groups in total. The van der Waals surface area contributed by atoms with Crippen LogP contribution in [-0.2, 0) is 11.3 Å². The Morgan fingerprint density at radius 2 is 1.50 bits per heavy atom. The lowest BCUT2D eigenvalue weighted by atomic mass is 10.1. The van der Waals surface area contributed by atoms with E-state index >= 15 is 0 Å². The first kappa shape index (κ1) is 18.1. The Hall–Kier alpha value is -2.66. The molecule has 0 unspecified atom stereocenters. The molecular formula is C21H25N3O2. The summed E-state index contributed by atoms with van der Waals surface area (Å²) in [6.45, 7) is 5.73. The maximum Gasteiger partial charge on any atom is 0.251 e. The molecule has 1 saturated heterocycles. The molecule has 2 aromatic carbocycles. The van der Waals surface area contributed by atoms with Gasteiger partial charge in [0.2, 0.25) is 5.91 Å². The molecule has 1 heterocycles. The number of amides is 2. The third-order valence-corrected chi connectivity index (χ3v) is 4.69. The number of nitrogens with one attached hydrogen (secondary N) is 1. The van der Waals surface area contributed by atoms with Crippen molar-refractivity contribution in [2.24, 2.45) is 0 Å². The largest absolute Gasteiger partial charge is 0.341 e. The van der Waals surface area contributed by atoms with Crippen molar-refractivity contribution in [2.45, 2.75) is 19.5 Å². The Labute approximate surface area is 154 Å². The van der Waals surface area contributed by atoms with Gasteiger partial charge >= 0.3 is 0 Å². The number of piperazine rings is 1. The Bertz CT molecular complexity index is 725. The van der Waals surface area contributed by atoms with Crippen LogP contribution in [0.4, 0.5) is 0 Å². The van der Waals surface area contributed by atoms with Crippen molar-refractivity contribution in [3.05, 3.63) is 71.8 Å². The fourth-order valence-electron chi connectivity index (χ4n) is 3.17. The topological polar surface area (TPSA) is 52.7 Å². The van der Waals surface area contributed by atoms with Gasteiger partial charge in [0.25, 0.3) is 5.91 Å². The van der Waals surface area contributed by atoms with Crippen molar-refractivity contribution in [1.82, 2.24) is 15.1 Å². The normalized spacial score (nSPS) is 16.1. The van der Waals surface area contributed by atoms with E-state index in [9.17, 15) is 9.59 Å². The number of benzene rings is 2. The van der Waals surface area contributed by atoms with Gasteiger partial charge in [-0.1, -0.05) is 48.5 Å². The van der Waals surface area contributed by atoms with Gasteiger partial charge in [-0.25, -0.2) is 0 Å². The number of hydrogen-bond donors (Lipinski definition) is 1. The standard InChI is InChI=1S/C21H25N3O2/c1-17(22-20(25)19-10-6-3-7-11-19)21(26)24-14-12-23(13-15-24)16-18-8-4-2-5-9-18/h2-11,17H,12-16H2,1H3,(H,22,25)/t17-/m1/s1. The van der Waals surface area contributed by atoms with Crippen LogP contribution in [0.25, 0.3) is 0 Å². The maximum atomic E-state index is 12.6. The van der Waals surface area contributed by atoms with Crippen molar-refractivity contribution in [3.63, 3.8) is 0 Å². The average Bonchev–Trinajstić information content (AvgIpc) is 2.69. The van der Waals surface area contributed by atoms with Gasteiger partial charge in [-0.2, -0.15) is 0 Å². The Morgan fingerprint density at radius 3 is 2.12 bits per heavy atom. The van der Waals surface area contributed by atoms with Gasteiger partial charge in [-0.3, -0.25) is 14.5 Å². The van der Waals surface area contributed by atoms with E-state index in [-0.39, 0.29) is 11.8 Å². The first-order valence-corrected chi connectivity index (χ1v) is 9.04. The monoisotopic (exact) mass is 351 g/mol. The lowest BCUT2D eigenvalue weighted by molar-refractivity contribution is -0.134. The van der Waals surface area contributed by atoms with Gasteiger partial charge in [0.1, 0.15) is 6.04 Å². The van der Waals surface area contributed by atoms with Crippen molar-refractivity contribution in [3.8, 4) is 0 Å². The highest BCUT2D eigenvalue weighted by atomic mass is 16.2. The average molecular weight is 351 g/mol. The van der Waals surface area contributed by atoms with Gasteiger partial charge in [0, 0.05) is 38.3 Å². The molecule has 26 heavy (non-hydrogen) atoms. The zero-order valence-corrected chi connectivity index (χ0v) is 15.1. The van der Waals surface area contributed by atoms with Crippen LogP contribution < -0.4 is 5.32 Å². The van der Waals surface area contributed by atoms with Gasteiger partial charge < -0.3 is 10.2 Å². The maximum absolute atomic E-state index is 12.6. The Kier molecular flexibility index (Phi) is 6.02. The SMILES string of the molecule is C[C@@H](NC(=O)c1ccccc1)C(=O)N1CCN(Cc2ccccc2)CC1. The van der Waals surface area contributed by atoms with E-state index in [0.29, 0.717) is 18.7 Å². The van der Waals surface area contributed by atoms with E-state index in [0.717, 1.165) is 19.6 Å². The summed E-state index contributed by atoms with van der Waals surface area (Å²) < 4.78 is 0. The molecule has 0 saturated carbocycles. The summed E-state index contributed by atoms with van der Waals surface area (Å²) in [4.78, 5) is 29.0. The molecule has 3 rings (SSSR count). The van der Waals surface area contributed by atoms with Gasteiger partial charge in [-0.15, -0.1) is 0 Å². The molecule has 1 aliphatic heterocycles. The minimum absolute atomic E-state index is 0.0198. The van der Waals surface area contributed by atoms with Crippen molar-refractivity contribution in [1.29, 1.82) is 0 Å². The van der Waals surface area contributed by atoms with Gasteiger partial charge in [0.05, 0.1) is 0 Å². The van der Waals surface area contributed by atoms with E-state index < -0.39 is 6.04 Å². The van der Waals surface area contributed by atoms with Gasteiger partial charge in [-0.05, 0) is 24.6 Å². The van der Waals surface area contributed by atoms with Crippen LogP contribution >= 0.6 is 0 Å². The smallest absolute Gasteiger partial charge is 0.251 e. The zero-order valence-electron chi connectivity index (χ0n) is 15.1. The second-order valence-corrected chi connectivity index (χ2v) is 6.65. The lowest BCUT2D eigenvalue weighted by Crippen LogP contribution is -2.53. The highest BCUT2D eigenvalue weighted by Gasteiger charge is 2.26. The first-order chi connectivity index (χ1) is 12.6. The number of nitrogens with zero attached hydrogens (tertiary/aromatic N) is 2. The highest BCUT2D eigenvalue weighted by molar-refractivity contribution is 5.97. The quantitative estimate of drug-likeness (QED) is 0.898. The third kappa shape index (κ3) is 4.70. The summed E-state index contributed by atoms with van der Waals surface area (Å²) in [5.74, 6) is -0.234. The summed E-state index contributed by atoms with van der Waals surface area (Å²) in [7, 11) is 0. The summed E-state index contributed by atoms with van der Waals surface area (Å²) in [5.41, 5.74) is 1.86. The molecule has 0 bridgehead atoms. The molecule has 0 aromatic heterocycles. The molecule has 2 amide bonds. The summed E-state index contributed by atoms with van der Waals surface area (Å²) in [6.07, 6.45) is 0. The van der Waals surface area contributed by atoms with Crippen LogP contribution in [0.15, 0.2) is 60.7 Å². The molecule has 136 valence electrons. The molecule has 0 spiro atoms. The third-order valence-electron chi connectivity index (χ3n) is 4.69. The van der Waals surface area contributed by atoms with Gasteiger partial charge in [0.15, 0.2) is 0 Å². The Balaban J connectivity index is 1.47. The molecule has 1 fully saturated rings. The van der Waals surface area contributed by atoms with Crippen LogP contribution in [0.5, 0.6) is 0 Å². The summed E-state index contributed by atoms with van der Waals surface area (Å²) in [5, 5.41) is 2.80. The van der Waals surface area contributed by atoms with Crippen molar-refractivity contribution in [2.75, 3.05) is 26.2 Å². The van der Waals surface area contributed by atoms with Crippen LogP contribution in [-0.4, -0.2) is 53.8 Å². The van der Waals surface area contributed by atoms with E-state index in [1.807, 2.05) is 41.3 Å². The molecule has 5 nitrogen and oxygen atoms in total. The number of hydrogen-bond acceptors (Lipinski definition) is 3. The highest BCUT2D eigenvalue weighted by Crippen LogP contribution is 2.09. The second kappa shape index (κ2) is 8.63. The Morgan fingerprint density at radius 1 is 0.923 bits per heavy atom. The fourth-order valence-corrected chi connectivity index (χ4v) is 3.17. The van der Waals surface area contributed by atoms with E-state index in [4.69, 9.17) is 0 Å². The summed E-state index contributed by atoms with van der Waals surface area (Å²) >= 11 is 0. The molecule has 0 aliphatic carbocycles. The lowest BCUT2D eigenvalue weighted by Gasteiger charge is -2.36. The van der Waals surface area contributed by atoms with Crippen LogP contribution in [0.1, 0.15) is 22.8 Å². The summed E-state index contributed by atoms with van der Waals surface area (Å²) in [6, 6.07) is 18.8. The fraction of sp³-hybridized carbons (Fsp3) is 0.333. The van der Waals surface area contributed by atoms with Crippen molar-refractivity contribution < 1.29 is 9.59 Å². The minimum Gasteiger partial charge on any atom is -0.341 e. The predicted molar refractivity (Wildman–Crippen MR) is 102 cm³/mol. The molecule has 1 atom stereocenters. The predicted octanol–water partition coefficient (Wildman–Crippen LogP) is 2.15. The van der Waals surface area contributed by atoms with Crippen LogP contribution in [0, 0.1) is 0 Å². The zero-order chi connectivity index (χ0) is 18.4. The molecular weight excluding hydrogens is 326 g/mol. The van der Waals surface area contributed by atoms with E-state index in [1.54, 1.807) is 19.1 Å². The molecule has 0 radical (unpaired) electrons. The van der Waals surface area contributed by atoms with Crippen LogP contribution in [0.3, 0.4) is 0 Å². The molecule has 1 aliphatic rings. The van der Waals surface area contributed by atoms with Crippen LogP contribution in [0.2, 0.25) is 0 Å². The number of carbonyl (C=O) groups is 2. The number of rotatable bonds is 5. The molecule has 2 aromatic rings. The van der Waals surface area contributed by atoms with E-state index in [1.165, 1.54) is 5.56 Å². The van der Waals surface area contributed by atoms with E-state index in [2.05, 4.69) is 22.3 Å². The number of carbonyl (C=O) groups excluding carboxylic acids is 2. The van der Waals surface area contributed by atoms with Crippen molar-refractivity contribution >= 4 is 11.8 Å². The second-order valence-electron chi connectivity index (χ2n) is 6.65.